The van der Waals surface area contributed by atoms with Crippen LogP contribution in [0, 0.1) is 0 Å². The van der Waals surface area contributed by atoms with Gasteiger partial charge in [0.05, 0.1) is 5.69 Å². The van der Waals surface area contributed by atoms with Gasteiger partial charge in [-0.2, -0.15) is 0 Å². The van der Waals surface area contributed by atoms with Crippen LogP contribution >= 0.6 is 0 Å². The topological polar surface area (TPSA) is 131 Å². The van der Waals surface area contributed by atoms with Crippen LogP contribution in [0.15, 0.2) is 12.1 Å². The summed E-state index contributed by atoms with van der Waals surface area (Å²) in [4.78, 5) is 22.0. The Kier molecular flexibility index (Phi) is 4.81. The Morgan fingerprint density at radius 3 is 2.11 bits per heavy atom. The first-order chi connectivity index (χ1) is 8.90. The van der Waals surface area contributed by atoms with Crippen LogP contribution in [0.5, 0.6) is 17.2 Å². The van der Waals surface area contributed by atoms with E-state index in [9.17, 15) is 19.8 Å². The number of hydrogen-bond donors (Lipinski definition) is 6. The van der Waals surface area contributed by atoms with Gasteiger partial charge in [0.2, 0.25) is 5.91 Å². The molecule has 0 spiro atoms. The summed E-state index contributed by atoms with van der Waals surface area (Å²) in [6.45, 7) is 1.87. The fourth-order valence-electron chi connectivity index (χ4n) is 1.27. The highest BCUT2D eigenvalue weighted by Crippen LogP contribution is 2.37. The van der Waals surface area contributed by atoms with Crippen LogP contribution in [-0.2, 0) is 4.79 Å². The lowest BCUT2D eigenvalue weighted by atomic mass is 10.2. The van der Waals surface area contributed by atoms with E-state index in [0.29, 0.717) is 0 Å². The van der Waals surface area contributed by atoms with Crippen molar-refractivity contribution in [2.45, 2.75) is 6.92 Å². The van der Waals surface area contributed by atoms with Gasteiger partial charge in [-0.25, -0.2) is 4.79 Å². The normalized spacial score (nSPS) is 9.74. The van der Waals surface area contributed by atoms with Crippen molar-refractivity contribution in [1.29, 1.82) is 0 Å². The predicted octanol–water partition coefficient (Wildman–Crippen LogP) is 0.0610. The summed E-state index contributed by atoms with van der Waals surface area (Å²) >= 11 is 0. The predicted molar refractivity (Wildman–Crippen MR) is 67.1 cm³/mol. The number of phenols is 3. The molecule has 0 aromatic heterocycles. The molecule has 0 aliphatic carbocycles. The number of aromatic hydroxyl groups is 3. The first kappa shape index (κ1) is 14.4. The fraction of sp³-hybridized carbons (Fsp3) is 0.273. The van der Waals surface area contributed by atoms with Gasteiger partial charge in [0.1, 0.15) is 0 Å². The van der Waals surface area contributed by atoms with Crippen molar-refractivity contribution in [3.63, 3.8) is 0 Å². The van der Waals surface area contributed by atoms with Crippen molar-refractivity contribution in [2.24, 2.45) is 0 Å². The minimum atomic E-state index is -0.656. The molecule has 3 amide bonds. The number of benzene rings is 1. The van der Waals surface area contributed by atoms with Crippen LogP contribution in [0.2, 0.25) is 0 Å². The molecule has 104 valence electrons. The molecule has 8 nitrogen and oxygen atoms in total. The third-order valence-electron chi connectivity index (χ3n) is 2.11. The lowest BCUT2D eigenvalue weighted by Crippen LogP contribution is -2.36. The fourth-order valence-corrected chi connectivity index (χ4v) is 1.27. The second kappa shape index (κ2) is 6.34. The average Bonchev–Trinajstić information content (AvgIpc) is 2.31. The maximum absolute atomic E-state index is 11.4. The van der Waals surface area contributed by atoms with Crippen molar-refractivity contribution in [3.05, 3.63) is 12.1 Å². The molecule has 1 aromatic rings. The second-order valence-electron chi connectivity index (χ2n) is 3.73. The highest BCUT2D eigenvalue weighted by molar-refractivity contribution is 5.90. The van der Waals surface area contributed by atoms with Gasteiger partial charge in [0.15, 0.2) is 17.2 Å². The van der Waals surface area contributed by atoms with Crippen LogP contribution < -0.4 is 16.0 Å². The highest BCUT2D eigenvalue weighted by atomic mass is 16.3. The first-order valence-electron chi connectivity index (χ1n) is 5.44. The van der Waals surface area contributed by atoms with E-state index in [1.165, 1.54) is 6.92 Å². The third-order valence-corrected chi connectivity index (χ3v) is 2.11. The van der Waals surface area contributed by atoms with E-state index < -0.39 is 23.3 Å². The second-order valence-corrected chi connectivity index (χ2v) is 3.73. The number of anilines is 1. The van der Waals surface area contributed by atoms with E-state index in [1.807, 2.05) is 0 Å². The van der Waals surface area contributed by atoms with E-state index in [-0.39, 0.29) is 24.7 Å². The van der Waals surface area contributed by atoms with E-state index >= 15 is 0 Å². The maximum atomic E-state index is 11.4. The summed E-state index contributed by atoms with van der Waals surface area (Å²) in [7, 11) is 0. The molecule has 1 rings (SSSR count). The molecule has 0 atom stereocenters. The Hall–Kier alpha value is -2.64. The Labute approximate surface area is 109 Å². The molecule has 0 unspecified atom stereocenters. The summed E-state index contributed by atoms with van der Waals surface area (Å²) in [5.41, 5.74) is 0.116. The number of carbonyl (C=O) groups excluding carboxylic acids is 2. The standard InChI is InChI=1S/C11H15N3O5/c1-6(15)12-2-3-13-11(19)14-7-4-8(16)10(18)9(17)5-7/h4-5,16-18H,2-3H2,1H3,(H,12,15)(H2,13,14,19). The van der Waals surface area contributed by atoms with E-state index in [0.717, 1.165) is 12.1 Å². The summed E-state index contributed by atoms with van der Waals surface area (Å²) in [5.74, 6) is -1.95. The van der Waals surface area contributed by atoms with Gasteiger partial charge >= 0.3 is 6.03 Å². The van der Waals surface area contributed by atoms with Crippen LogP contribution in [0.1, 0.15) is 6.92 Å². The first-order valence-corrected chi connectivity index (χ1v) is 5.44. The number of hydrogen-bond acceptors (Lipinski definition) is 5. The molecule has 0 saturated carbocycles. The van der Waals surface area contributed by atoms with E-state index in [4.69, 9.17) is 5.11 Å². The summed E-state index contributed by atoms with van der Waals surface area (Å²) in [6.07, 6.45) is 0. The molecular weight excluding hydrogens is 254 g/mol. The molecular formula is C11H15N3O5. The zero-order valence-electron chi connectivity index (χ0n) is 10.2. The van der Waals surface area contributed by atoms with Gasteiger partial charge in [-0.05, 0) is 0 Å². The minimum absolute atomic E-state index is 0.116. The Morgan fingerprint density at radius 1 is 1.05 bits per heavy atom. The molecule has 0 bridgehead atoms. The monoisotopic (exact) mass is 269 g/mol. The quantitative estimate of drug-likeness (QED) is 0.261. The van der Waals surface area contributed by atoms with Crippen molar-refractivity contribution in [1.82, 2.24) is 10.6 Å². The van der Waals surface area contributed by atoms with Gasteiger partial charge in [0.25, 0.3) is 0 Å². The number of rotatable bonds is 4. The molecule has 0 radical (unpaired) electrons. The van der Waals surface area contributed by atoms with Gasteiger partial charge in [-0.1, -0.05) is 0 Å². The zero-order valence-corrected chi connectivity index (χ0v) is 10.2. The summed E-state index contributed by atoms with van der Waals surface area (Å²) in [6, 6.07) is 1.60. The van der Waals surface area contributed by atoms with Crippen molar-refractivity contribution in [2.75, 3.05) is 18.4 Å². The van der Waals surface area contributed by atoms with Crippen LogP contribution in [-0.4, -0.2) is 40.3 Å². The maximum Gasteiger partial charge on any atom is 0.319 e. The molecule has 1 aromatic carbocycles. The van der Waals surface area contributed by atoms with E-state index in [2.05, 4.69) is 16.0 Å². The Balaban J connectivity index is 2.46. The number of phenolic OH excluding ortho intramolecular Hbond substituents is 3. The lowest BCUT2D eigenvalue weighted by Gasteiger charge is -2.09. The molecule has 8 heteroatoms. The summed E-state index contributed by atoms with van der Waals surface area (Å²) < 4.78 is 0. The van der Waals surface area contributed by atoms with Crippen molar-refractivity contribution in [3.8, 4) is 17.2 Å². The molecule has 0 saturated heterocycles. The number of urea groups is 1. The summed E-state index contributed by atoms with van der Waals surface area (Å²) in [5, 5.41) is 34.9. The van der Waals surface area contributed by atoms with Gasteiger partial charge in [-0.3, -0.25) is 4.79 Å². The number of carbonyl (C=O) groups is 2. The molecule has 0 fully saturated rings. The zero-order chi connectivity index (χ0) is 14.4. The minimum Gasteiger partial charge on any atom is -0.504 e. The lowest BCUT2D eigenvalue weighted by molar-refractivity contribution is -0.118. The highest BCUT2D eigenvalue weighted by Gasteiger charge is 2.09. The van der Waals surface area contributed by atoms with E-state index in [1.54, 1.807) is 0 Å². The third kappa shape index (κ3) is 4.62. The smallest absolute Gasteiger partial charge is 0.319 e. The molecule has 19 heavy (non-hydrogen) atoms. The molecule has 0 heterocycles. The van der Waals surface area contributed by atoms with Crippen LogP contribution in [0.4, 0.5) is 10.5 Å². The van der Waals surface area contributed by atoms with Gasteiger partial charge in [-0.15, -0.1) is 0 Å². The molecule has 0 aliphatic rings. The number of nitrogens with one attached hydrogen (secondary N) is 3. The Bertz CT molecular complexity index is 466. The molecule has 0 aliphatic heterocycles. The van der Waals surface area contributed by atoms with Crippen LogP contribution in [0.25, 0.3) is 0 Å². The SMILES string of the molecule is CC(=O)NCCNC(=O)Nc1cc(O)c(O)c(O)c1. The van der Waals surface area contributed by atoms with Crippen molar-refractivity contribution < 1.29 is 24.9 Å². The molecule has 6 N–H and O–H groups in total. The average molecular weight is 269 g/mol. The van der Waals surface area contributed by atoms with Gasteiger partial charge in [0, 0.05) is 32.1 Å². The Morgan fingerprint density at radius 2 is 1.58 bits per heavy atom. The van der Waals surface area contributed by atoms with Gasteiger partial charge < -0.3 is 31.3 Å². The van der Waals surface area contributed by atoms with Crippen LogP contribution in [0.3, 0.4) is 0 Å². The number of amides is 3. The largest absolute Gasteiger partial charge is 0.504 e. The van der Waals surface area contributed by atoms with Crippen molar-refractivity contribution >= 4 is 17.6 Å².